The summed E-state index contributed by atoms with van der Waals surface area (Å²) in [5.41, 5.74) is 0. The molecule has 0 bridgehead atoms. The number of hydrogen-bond donors (Lipinski definition) is 1. The maximum Gasteiger partial charge on any atom is 0.342 e. The molecule has 1 aliphatic rings. The second-order valence-electron chi connectivity index (χ2n) is 4.95. The van der Waals surface area contributed by atoms with Crippen LogP contribution in [0.3, 0.4) is 0 Å². The van der Waals surface area contributed by atoms with E-state index in [1.807, 2.05) is 0 Å². The Bertz CT molecular complexity index is 592. The van der Waals surface area contributed by atoms with Crippen molar-refractivity contribution in [2.24, 2.45) is 7.05 Å². The van der Waals surface area contributed by atoms with Crippen molar-refractivity contribution in [1.29, 1.82) is 0 Å². The summed E-state index contributed by atoms with van der Waals surface area (Å²) in [5, 5.41) is 7.36. The smallest absolute Gasteiger partial charge is 0.342 e. The monoisotopic (exact) mass is 274 g/mol. The lowest BCUT2D eigenvalue weighted by Crippen LogP contribution is -2.06. The molecule has 2 aromatic heterocycles. The molecule has 1 aliphatic carbocycles. The molecule has 106 valence electrons. The van der Waals surface area contributed by atoms with Crippen LogP contribution in [0.5, 0.6) is 11.9 Å². The molecule has 1 fully saturated rings. The molecule has 1 N–H and O–H groups in total. The average molecular weight is 274 g/mol. The molecule has 7 nitrogen and oxygen atoms in total. The summed E-state index contributed by atoms with van der Waals surface area (Å²) in [6.45, 7) is 2.99. The van der Waals surface area contributed by atoms with E-state index in [1.54, 1.807) is 24.1 Å². The quantitative estimate of drug-likeness (QED) is 0.869. The lowest BCUT2D eigenvalue weighted by atomic mass is 10.4. The first-order chi connectivity index (χ1) is 9.74. The molecule has 7 heteroatoms. The molecule has 2 heterocycles. The van der Waals surface area contributed by atoms with Crippen molar-refractivity contribution >= 4 is 5.82 Å². The van der Waals surface area contributed by atoms with Gasteiger partial charge in [-0.25, -0.2) is 4.98 Å². The lowest BCUT2D eigenvalue weighted by molar-refractivity contribution is 0.419. The minimum atomic E-state index is 0.300. The zero-order valence-corrected chi connectivity index (χ0v) is 11.7. The topological polar surface area (TPSA) is 77.8 Å². The van der Waals surface area contributed by atoms with E-state index in [1.165, 1.54) is 0 Å². The first-order valence-electron chi connectivity index (χ1n) is 6.91. The van der Waals surface area contributed by atoms with Crippen LogP contribution in [0.4, 0.5) is 5.82 Å². The Labute approximate surface area is 117 Å². The minimum absolute atomic E-state index is 0.300. The highest BCUT2D eigenvalue weighted by Gasteiger charge is 2.27. The highest BCUT2D eigenvalue weighted by molar-refractivity contribution is 5.40. The fraction of sp³-hybridized carbons (Fsp3) is 0.538. The van der Waals surface area contributed by atoms with Crippen molar-refractivity contribution < 1.29 is 4.74 Å². The summed E-state index contributed by atoms with van der Waals surface area (Å²) in [6.07, 6.45) is 4.94. The highest BCUT2D eigenvalue weighted by atomic mass is 16.5. The Hall–Kier alpha value is -2.18. The highest BCUT2D eigenvalue weighted by Crippen LogP contribution is 2.39. The SMILES string of the molecule is CCCNc1cc(Oc2ncn(C)n2)nc(C2CC2)n1. The third-order valence-corrected chi connectivity index (χ3v) is 2.99. The van der Waals surface area contributed by atoms with Gasteiger partial charge in [0.2, 0.25) is 5.88 Å². The van der Waals surface area contributed by atoms with Gasteiger partial charge in [0.1, 0.15) is 18.0 Å². The number of aryl methyl sites for hydroxylation is 1. The van der Waals surface area contributed by atoms with E-state index in [2.05, 4.69) is 32.3 Å². The van der Waals surface area contributed by atoms with Gasteiger partial charge >= 0.3 is 6.01 Å². The molecule has 0 atom stereocenters. The van der Waals surface area contributed by atoms with Crippen LogP contribution in [0.1, 0.15) is 37.9 Å². The molecule has 0 unspecified atom stereocenters. The van der Waals surface area contributed by atoms with Gasteiger partial charge in [0.15, 0.2) is 0 Å². The Morgan fingerprint density at radius 3 is 2.90 bits per heavy atom. The number of aromatic nitrogens is 5. The summed E-state index contributed by atoms with van der Waals surface area (Å²) in [4.78, 5) is 13.0. The van der Waals surface area contributed by atoms with Crippen LogP contribution in [0.25, 0.3) is 0 Å². The predicted molar refractivity (Wildman–Crippen MR) is 73.9 cm³/mol. The van der Waals surface area contributed by atoms with Gasteiger partial charge in [-0.3, -0.25) is 4.68 Å². The summed E-state index contributed by atoms with van der Waals surface area (Å²) < 4.78 is 7.20. The van der Waals surface area contributed by atoms with Crippen LogP contribution < -0.4 is 10.1 Å². The molecule has 0 radical (unpaired) electrons. The van der Waals surface area contributed by atoms with E-state index < -0.39 is 0 Å². The van der Waals surface area contributed by atoms with Gasteiger partial charge in [0.05, 0.1) is 0 Å². The number of nitrogens with zero attached hydrogens (tertiary/aromatic N) is 5. The van der Waals surface area contributed by atoms with E-state index in [9.17, 15) is 0 Å². The standard InChI is InChI=1S/C13H18N6O/c1-3-6-14-10-7-11(17-12(16-10)9-4-5-9)20-13-15-8-19(2)18-13/h7-9H,3-6H2,1-2H3,(H,14,16,17). The van der Waals surface area contributed by atoms with Gasteiger partial charge in [0.25, 0.3) is 0 Å². The summed E-state index contributed by atoms with van der Waals surface area (Å²) in [5.74, 6) is 2.61. The first kappa shape index (κ1) is 12.8. The lowest BCUT2D eigenvalue weighted by Gasteiger charge is -2.08. The minimum Gasteiger partial charge on any atom is -0.404 e. The van der Waals surface area contributed by atoms with Crippen molar-refractivity contribution in [3.63, 3.8) is 0 Å². The van der Waals surface area contributed by atoms with Crippen LogP contribution >= 0.6 is 0 Å². The summed E-state index contributed by atoms with van der Waals surface area (Å²) >= 11 is 0. The van der Waals surface area contributed by atoms with Gasteiger partial charge in [0, 0.05) is 25.6 Å². The van der Waals surface area contributed by atoms with Gasteiger partial charge in [-0.05, 0) is 19.3 Å². The molecule has 3 rings (SSSR count). The average Bonchev–Trinajstić information content (AvgIpc) is 3.21. The van der Waals surface area contributed by atoms with Crippen LogP contribution in [-0.2, 0) is 7.05 Å². The van der Waals surface area contributed by atoms with Crippen molar-refractivity contribution in [3.05, 3.63) is 18.2 Å². The Morgan fingerprint density at radius 1 is 1.40 bits per heavy atom. The molecule has 1 saturated carbocycles. The molecular formula is C13H18N6O. The third kappa shape index (κ3) is 3.04. The molecule has 0 aromatic carbocycles. The van der Waals surface area contributed by atoms with E-state index >= 15 is 0 Å². The van der Waals surface area contributed by atoms with Gasteiger partial charge in [-0.1, -0.05) is 6.92 Å². The maximum absolute atomic E-state index is 5.60. The van der Waals surface area contributed by atoms with Crippen molar-refractivity contribution in [2.75, 3.05) is 11.9 Å². The Morgan fingerprint density at radius 2 is 2.25 bits per heavy atom. The Kier molecular flexibility index (Phi) is 3.49. The number of rotatable bonds is 6. The molecule has 0 saturated heterocycles. The number of hydrogen-bond acceptors (Lipinski definition) is 6. The normalized spacial score (nSPS) is 14.3. The van der Waals surface area contributed by atoms with Crippen LogP contribution in [0.15, 0.2) is 12.4 Å². The second-order valence-corrected chi connectivity index (χ2v) is 4.95. The molecule has 20 heavy (non-hydrogen) atoms. The number of ether oxygens (including phenoxy) is 1. The van der Waals surface area contributed by atoms with Crippen molar-refractivity contribution in [3.8, 4) is 11.9 Å². The number of nitrogens with one attached hydrogen (secondary N) is 1. The molecule has 0 amide bonds. The van der Waals surface area contributed by atoms with Crippen LogP contribution in [0.2, 0.25) is 0 Å². The molecule has 2 aromatic rings. The van der Waals surface area contributed by atoms with Gasteiger partial charge in [-0.15, -0.1) is 5.10 Å². The van der Waals surface area contributed by atoms with Crippen LogP contribution in [-0.4, -0.2) is 31.3 Å². The third-order valence-electron chi connectivity index (χ3n) is 2.99. The first-order valence-corrected chi connectivity index (χ1v) is 6.91. The fourth-order valence-electron chi connectivity index (χ4n) is 1.82. The van der Waals surface area contributed by atoms with E-state index in [0.29, 0.717) is 17.8 Å². The molecule has 0 aliphatic heterocycles. The van der Waals surface area contributed by atoms with Crippen molar-refractivity contribution in [1.82, 2.24) is 24.7 Å². The van der Waals surface area contributed by atoms with Crippen molar-refractivity contribution in [2.45, 2.75) is 32.1 Å². The predicted octanol–water partition coefficient (Wildman–Crippen LogP) is 2.10. The molecular weight excluding hydrogens is 256 g/mol. The largest absolute Gasteiger partial charge is 0.404 e. The maximum atomic E-state index is 5.60. The second kappa shape index (κ2) is 5.44. The zero-order chi connectivity index (χ0) is 13.9. The Balaban J connectivity index is 1.82. The number of anilines is 1. The van der Waals surface area contributed by atoms with Crippen LogP contribution in [0, 0.1) is 0 Å². The van der Waals surface area contributed by atoms with E-state index in [0.717, 1.165) is 37.4 Å². The van der Waals surface area contributed by atoms with E-state index in [-0.39, 0.29) is 0 Å². The zero-order valence-electron chi connectivity index (χ0n) is 11.7. The molecule has 0 spiro atoms. The fourth-order valence-corrected chi connectivity index (χ4v) is 1.82. The summed E-state index contributed by atoms with van der Waals surface area (Å²) in [6, 6.07) is 2.09. The summed E-state index contributed by atoms with van der Waals surface area (Å²) in [7, 11) is 1.80. The van der Waals surface area contributed by atoms with E-state index in [4.69, 9.17) is 4.74 Å². The van der Waals surface area contributed by atoms with Gasteiger partial charge < -0.3 is 10.1 Å². The van der Waals surface area contributed by atoms with Gasteiger partial charge in [-0.2, -0.15) is 9.97 Å².